The van der Waals surface area contributed by atoms with Gasteiger partial charge in [-0.05, 0) is 6.42 Å². The van der Waals surface area contributed by atoms with Crippen molar-refractivity contribution in [3.05, 3.63) is 0 Å². The highest BCUT2D eigenvalue weighted by atomic mass is 16.6. The van der Waals surface area contributed by atoms with Gasteiger partial charge in [0.05, 0.1) is 18.3 Å². The molecule has 12 heavy (non-hydrogen) atoms. The van der Waals surface area contributed by atoms with Gasteiger partial charge in [0.1, 0.15) is 0 Å². The van der Waals surface area contributed by atoms with Gasteiger partial charge in [-0.1, -0.05) is 0 Å². The monoisotopic (exact) mass is 172 g/mol. The molecule has 70 valence electrons. The van der Waals surface area contributed by atoms with E-state index in [0.717, 1.165) is 13.0 Å². The van der Waals surface area contributed by atoms with E-state index < -0.39 is 0 Å². The van der Waals surface area contributed by atoms with Crippen molar-refractivity contribution in [2.45, 2.75) is 24.7 Å². The zero-order chi connectivity index (χ0) is 8.55. The van der Waals surface area contributed by atoms with Crippen LogP contribution in [-0.4, -0.2) is 38.0 Å². The predicted octanol–water partition coefficient (Wildman–Crippen LogP) is -0.924. The lowest BCUT2D eigenvalue weighted by molar-refractivity contribution is 0.0405. The summed E-state index contributed by atoms with van der Waals surface area (Å²) in [5.41, 5.74) is 11.2. The molecule has 2 heterocycles. The second-order valence-electron chi connectivity index (χ2n) is 3.47. The maximum absolute atomic E-state index is 5.71. The molecule has 0 bridgehead atoms. The first-order valence-electron chi connectivity index (χ1n) is 4.54. The van der Waals surface area contributed by atoms with Crippen molar-refractivity contribution in [3.63, 3.8) is 0 Å². The molecule has 0 amide bonds. The average Bonchev–Trinajstić information content (AvgIpc) is 2.61. The molecule has 4 nitrogen and oxygen atoms in total. The third-order valence-electron chi connectivity index (χ3n) is 2.83. The summed E-state index contributed by atoms with van der Waals surface area (Å²) in [4.78, 5) is 0. The van der Waals surface area contributed by atoms with Crippen molar-refractivity contribution in [1.29, 1.82) is 0 Å². The molecule has 0 radical (unpaired) electrons. The maximum Gasteiger partial charge on any atom is 0.0903 e. The Bertz CT molecular complexity index is 165. The molecule has 0 saturated carbocycles. The lowest BCUT2D eigenvalue weighted by atomic mass is 9.96. The van der Waals surface area contributed by atoms with E-state index >= 15 is 0 Å². The summed E-state index contributed by atoms with van der Waals surface area (Å²) in [6.07, 6.45) is 1.58. The molecule has 2 rings (SSSR count). The Balaban J connectivity index is 2.05. The second-order valence-corrected chi connectivity index (χ2v) is 3.47. The fraction of sp³-hybridized carbons (Fsp3) is 1.00. The lowest BCUT2D eigenvalue weighted by Gasteiger charge is -2.18. The third kappa shape index (κ3) is 1.15. The van der Waals surface area contributed by atoms with Gasteiger partial charge in [0, 0.05) is 25.6 Å². The smallest absolute Gasteiger partial charge is 0.0903 e. The van der Waals surface area contributed by atoms with Crippen LogP contribution in [0.3, 0.4) is 0 Å². The topological polar surface area (TPSA) is 70.5 Å². The van der Waals surface area contributed by atoms with Gasteiger partial charge in [0.15, 0.2) is 0 Å². The molecule has 0 aromatic carbocycles. The van der Waals surface area contributed by atoms with Crippen molar-refractivity contribution in [2.75, 3.05) is 19.7 Å². The highest BCUT2D eigenvalue weighted by molar-refractivity contribution is 4.95. The summed E-state index contributed by atoms with van der Waals surface area (Å²) in [5, 5.41) is 0. The molecule has 4 atom stereocenters. The molecule has 0 aromatic heterocycles. The molecule has 0 aliphatic carbocycles. The van der Waals surface area contributed by atoms with E-state index in [-0.39, 0.29) is 18.3 Å². The van der Waals surface area contributed by atoms with E-state index in [1.54, 1.807) is 0 Å². The van der Waals surface area contributed by atoms with E-state index in [0.29, 0.717) is 19.0 Å². The molecule has 4 heteroatoms. The van der Waals surface area contributed by atoms with Crippen LogP contribution in [0.25, 0.3) is 0 Å². The van der Waals surface area contributed by atoms with Crippen molar-refractivity contribution in [2.24, 2.45) is 17.4 Å². The lowest BCUT2D eigenvalue weighted by Crippen LogP contribution is -2.36. The van der Waals surface area contributed by atoms with Crippen molar-refractivity contribution < 1.29 is 9.47 Å². The van der Waals surface area contributed by atoms with Gasteiger partial charge in [-0.15, -0.1) is 0 Å². The van der Waals surface area contributed by atoms with Crippen molar-refractivity contribution >= 4 is 0 Å². The molecule has 0 spiro atoms. The fourth-order valence-corrected chi connectivity index (χ4v) is 2.19. The Labute approximate surface area is 72.2 Å². The Morgan fingerprint density at radius 3 is 2.75 bits per heavy atom. The third-order valence-corrected chi connectivity index (χ3v) is 2.83. The predicted molar refractivity (Wildman–Crippen MR) is 44.6 cm³/mol. The number of hydrogen-bond donors (Lipinski definition) is 2. The van der Waals surface area contributed by atoms with Crippen LogP contribution in [0.15, 0.2) is 0 Å². The molecule has 2 saturated heterocycles. The molecule has 2 aliphatic heterocycles. The first kappa shape index (κ1) is 8.44. The van der Waals surface area contributed by atoms with E-state index in [1.807, 2.05) is 0 Å². The standard InChI is InChI=1S/C8H16N2O2/c9-3-5-7(4-10)12-6-1-2-11-8(5)6/h5-8H,1-4,9-10H2. The van der Waals surface area contributed by atoms with Gasteiger partial charge in [0.2, 0.25) is 0 Å². The highest BCUT2D eigenvalue weighted by Gasteiger charge is 2.46. The van der Waals surface area contributed by atoms with E-state index in [4.69, 9.17) is 20.9 Å². The summed E-state index contributed by atoms with van der Waals surface area (Å²) < 4.78 is 11.3. The van der Waals surface area contributed by atoms with Gasteiger partial charge in [-0.2, -0.15) is 0 Å². The van der Waals surface area contributed by atoms with Crippen LogP contribution in [-0.2, 0) is 9.47 Å². The first-order valence-corrected chi connectivity index (χ1v) is 4.54. The Kier molecular flexibility index (Phi) is 2.32. The Hall–Kier alpha value is -0.160. The molecule has 0 aromatic rings. The maximum atomic E-state index is 5.71. The minimum absolute atomic E-state index is 0.116. The molecule has 2 aliphatic rings. The number of rotatable bonds is 2. The summed E-state index contributed by atoms with van der Waals surface area (Å²) >= 11 is 0. The molecular weight excluding hydrogens is 156 g/mol. The van der Waals surface area contributed by atoms with Gasteiger partial charge < -0.3 is 20.9 Å². The number of fused-ring (bicyclic) bond motifs is 1. The number of hydrogen-bond acceptors (Lipinski definition) is 4. The van der Waals surface area contributed by atoms with Crippen LogP contribution in [0.5, 0.6) is 0 Å². The molecule has 4 unspecified atom stereocenters. The van der Waals surface area contributed by atoms with Gasteiger partial charge >= 0.3 is 0 Å². The van der Waals surface area contributed by atoms with Crippen LogP contribution in [0, 0.1) is 5.92 Å². The summed E-state index contributed by atoms with van der Waals surface area (Å²) in [5.74, 6) is 0.308. The second kappa shape index (κ2) is 3.30. The Morgan fingerprint density at radius 1 is 1.25 bits per heavy atom. The largest absolute Gasteiger partial charge is 0.375 e. The normalized spacial score (nSPS) is 46.5. The van der Waals surface area contributed by atoms with Gasteiger partial charge in [-0.3, -0.25) is 0 Å². The van der Waals surface area contributed by atoms with Crippen LogP contribution < -0.4 is 11.5 Å². The van der Waals surface area contributed by atoms with Crippen molar-refractivity contribution in [3.8, 4) is 0 Å². The Morgan fingerprint density at radius 2 is 2.08 bits per heavy atom. The zero-order valence-electron chi connectivity index (χ0n) is 7.11. The summed E-state index contributed by atoms with van der Waals surface area (Å²) in [6.45, 7) is 1.98. The van der Waals surface area contributed by atoms with Crippen LogP contribution in [0.4, 0.5) is 0 Å². The molecular formula is C8H16N2O2. The number of nitrogens with two attached hydrogens (primary N) is 2. The van der Waals surface area contributed by atoms with E-state index in [1.165, 1.54) is 0 Å². The molecule has 4 N–H and O–H groups in total. The minimum atomic E-state index is 0.116. The van der Waals surface area contributed by atoms with Gasteiger partial charge in [-0.25, -0.2) is 0 Å². The van der Waals surface area contributed by atoms with Crippen LogP contribution in [0.2, 0.25) is 0 Å². The first-order chi connectivity index (χ1) is 5.86. The zero-order valence-corrected chi connectivity index (χ0v) is 7.11. The van der Waals surface area contributed by atoms with E-state index in [2.05, 4.69) is 0 Å². The van der Waals surface area contributed by atoms with Gasteiger partial charge in [0.25, 0.3) is 0 Å². The van der Waals surface area contributed by atoms with E-state index in [9.17, 15) is 0 Å². The van der Waals surface area contributed by atoms with Crippen molar-refractivity contribution in [1.82, 2.24) is 0 Å². The fourth-order valence-electron chi connectivity index (χ4n) is 2.19. The summed E-state index contributed by atoms with van der Waals surface area (Å²) in [6, 6.07) is 0. The summed E-state index contributed by atoms with van der Waals surface area (Å²) in [7, 11) is 0. The highest BCUT2D eigenvalue weighted by Crippen LogP contribution is 2.34. The van der Waals surface area contributed by atoms with Crippen LogP contribution >= 0.6 is 0 Å². The SMILES string of the molecule is NCC1OC2CCOC2C1CN. The van der Waals surface area contributed by atoms with Crippen LogP contribution in [0.1, 0.15) is 6.42 Å². The number of ether oxygens (including phenoxy) is 2. The minimum Gasteiger partial charge on any atom is -0.375 e. The quantitative estimate of drug-likeness (QED) is 0.565. The average molecular weight is 172 g/mol. The molecule has 2 fully saturated rings.